The molecule has 0 bridgehead atoms. The third-order valence-corrected chi connectivity index (χ3v) is 7.28. The Balaban J connectivity index is 1.42. The van der Waals surface area contributed by atoms with E-state index in [-0.39, 0.29) is 5.91 Å². The quantitative estimate of drug-likeness (QED) is 0.523. The molecule has 2 aromatic heterocycles. The van der Waals surface area contributed by atoms with Gasteiger partial charge in [0.25, 0.3) is 0 Å². The molecule has 1 aliphatic carbocycles. The summed E-state index contributed by atoms with van der Waals surface area (Å²) < 4.78 is 7.36. The van der Waals surface area contributed by atoms with Crippen molar-refractivity contribution in [2.45, 2.75) is 56.0 Å². The molecular weight excluding hydrogens is 424 g/mol. The van der Waals surface area contributed by atoms with Crippen molar-refractivity contribution in [1.29, 1.82) is 0 Å². The van der Waals surface area contributed by atoms with Crippen LogP contribution in [0.25, 0.3) is 0 Å². The van der Waals surface area contributed by atoms with Gasteiger partial charge in [0.05, 0.1) is 0 Å². The summed E-state index contributed by atoms with van der Waals surface area (Å²) in [5, 5.41) is 16.2. The first-order chi connectivity index (χ1) is 15.6. The van der Waals surface area contributed by atoms with Crippen molar-refractivity contribution in [2.24, 2.45) is 5.92 Å². The van der Waals surface area contributed by atoms with Gasteiger partial charge >= 0.3 is 0 Å². The Morgan fingerprint density at radius 2 is 1.91 bits per heavy atom. The molecule has 1 atom stereocenters. The molecule has 0 radical (unpaired) electrons. The lowest BCUT2D eigenvalue weighted by atomic mass is 10.00. The van der Waals surface area contributed by atoms with Gasteiger partial charge in [-0.15, -0.1) is 10.2 Å². The zero-order valence-corrected chi connectivity index (χ0v) is 19.2. The number of hydrogen-bond acceptors (Lipinski definition) is 7. The number of hydrogen-bond donors (Lipinski definition) is 1. The van der Waals surface area contributed by atoms with Crippen LogP contribution in [0.3, 0.4) is 0 Å². The number of nitrogens with zero attached hydrogens (tertiary/aromatic N) is 5. The Morgan fingerprint density at radius 3 is 2.56 bits per heavy atom. The molecule has 5 rings (SSSR count). The lowest BCUT2D eigenvalue weighted by Crippen LogP contribution is -2.34. The molecule has 32 heavy (non-hydrogen) atoms. The fraction of sp³-hybridized carbons (Fsp3) is 0.478. The van der Waals surface area contributed by atoms with Crippen LogP contribution < -0.4 is 10.2 Å². The van der Waals surface area contributed by atoms with E-state index in [0.717, 1.165) is 48.5 Å². The third-order valence-electron chi connectivity index (χ3n) is 6.07. The molecule has 3 heterocycles. The largest absolute Gasteiger partial charge is 0.360 e. The van der Waals surface area contributed by atoms with Crippen LogP contribution in [0.5, 0.6) is 0 Å². The number of aryl methyl sites for hydroxylation is 1. The van der Waals surface area contributed by atoms with Crippen molar-refractivity contribution in [3.05, 3.63) is 47.7 Å². The summed E-state index contributed by atoms with van der Waals surface area (Å²) in [6.45, 7) is 6.12. The predicted molar refractivity (Wildman–Crippen MR) is 124 cm³/mol. The average Bonchev–Trinajstić information content (AvgIpc) is 3.43. The second-order valence-electron chi connectivity index (χ2n) is 8.77. The summed E-state index contributed by atoms with van der Waals surface area (Å²) in [4.78, 5) is 15.6. The lowest BCUT2D eigenvalue weighted by Gasteiger charge is -2.31. The van der Waals surface area contributed by atoms with Crippen molar-refractivity contribution in [3.63, 3.8) is 0 Å². The van der Waals surface area contributed by atoms with Crippen LogP contribution in [0, 0.1) is 12.8 Å². The molecule has 9 heteroatoms. The Kier molecular flexibility index (Phi) is 5.91. The fourth-order valence-electron chi connectivity index (χ4n) is 4.05. The van der Waals surface area contributed by atoms with Crippen molar-refractivity contribution < 1.29 is 9.32 Å². The Bertz CT molecular complexity index is 1070. The third kappa shape index (κ3) is 4.53. The molecule has 2 fully saturated rings. The summed E-state index contributed by atoms with van der Waals surface area (Å²) in [7, 11) is 0. The maximum atomic E-state index is 13.3. The summed E-state index contributed by atoms with van der Waals surface area (Å²) in [5.41, 5.74) is 0.911. The van der Waals surface area contributed by atoms with E-state index in [0.29, 0.717) is 17.6 Å². The first-order valence-electron chi connectivity index (χ1n) is 11.2. The van der Waals surface area contributed by atoms with E-state index in [1.807, 2.05) is 30.3 Å². The number of anilines is 2. The minimum absolute atomic E-state index is 0.159. The molecule has 1 aromatic carbocycles. The summed E-state index contributed by atoms with van der Waals surface area (Å²) in [6.07, 6.45) is 4.60. The normalized spacial score (nSPS) is 18.0. The smallest absolute Gasteiger partial charge is 0.243 e. The van der Waals surface area contributed by atoms with Gasteiger partial charge in [0.15, 0.2) is 11.0 Å². The highest BCUT2D eigenvalue weighted by molar-refractivity contribution is 8.00. The van der Waals surface area contributed by atoms with Crippen LogP contribution in [-0.4, -0.2) is 38.9 Å². The van der Waals surface area contributed by atoms with Crippen LogP contribution >= 0.6 is 11.8 Å². The molecule has 0 spiro atoms. The number of nitrogens with one attached hydrogen (secondary N) is 1. The summed E-state index contributed by atoms with van der Waals surface area (Å²) in [6, 6.07) is 11.9. The van der Waals surface area contributed by atoms with Gasteiger partial charge in [-0.1, -0.05) is 54.2 Å². The van der Waals surface area contributed by atoms with Crippen molar-refractivity contribution in [1.82, 2.24) is 19.9 Å². The molecule has 1 saturated carbocycles. The molecule has 1 amide bonds. The average molecular weight is 453 g/mol. The van der Waals surface area contributed by atoms with Crippen LogP contribution in [0.2, 0.25) is 0 Å². The van der Waals surface area contributed by atoms with Gasteiger partial charge in [-0.3, -0.25) is 9.36 Å². The van der Waals surface area contributed by atoms with Crippen molar-refractivity contribution in [3.8, 4) is 0 Å². The van der Waals surface area contributed by atoms with E-state index in [4.69, 9.17) is 4.52 Å². The van der Waals surface area contributed by atoms with Gasteiger partial charge in [-0.05, 0) is 44.1 Å². The molecule has 1 aliphatic heterocycles. The van der Waals surface area contributed by atoms with Crippen molar-refractivity contribution in [2.75, 3.05) is 23.3 Å². The zero-order chi connectivity index (χ0) is 22.1. The second-order valence-corrected chi connectivity index (χ2v) is 9.85. The SMILES string of the molecule is Cc1cc(NC(=O)C(Sc2nnc(N3CCC(C)CC3)n2C2CC2)c2ccccc2)no1. The van der Waals surface area contributed by atoms with E-state index in [2.05, 4.69) is 37.1 Å². The Hall–Kier alpha value is -2.81. The van der Waals surface area contributed by atoms with Crippen LogP contribution in [0.1, 0.15) is 55.2 Å². The van der Waals surface area contributed by atoms with Crippen LogP contribution in [0.4, 0.5) is 11.8 Å². The van der Waals surface area contributed by atoms with Gasteiger partial charge in [0.2, 0.25) is 11.9 Å². The Labute approximate surface area is 191 Å². The highest BCUT2D eigenvalue weighted by Gasteiger charge is 2.35. The standard InChI is InChI=1S/C23H28N6O2S/c1-15-10-12-28(13-11-15)22-25-26-23(29(22)18-8-9-18)32-20(17-6-4-3-5-7-17)21(30)24-19-14-16(2)31-27-19/h3-7,14-15,18,20H,8-13H2,1-2H3,(H,24,27,30). The molecule has 1 saturated heterocycles. The minimum atomic E-state index is -0.482. The first kappa shape index (κ1) is 21.1. The van der Waals surface area contributed by atoms with Gasteiger partial charge in [0, 0.05) is 25.2 Å². The minimum Gasteiger partial charge on any atom is -0.360 e. The number of carbonyl (C=O) groups is 1. The maximum Gasteiger partial charge on any atom is 0.243 e. The molecule has 1 N–H and O–H groups in total. The number of rotatable bonds is 7. The molecule has 168 valence electrons. The van der Waals surface area contributed by atoms with Gasteiger partial charge in [-0.2, -0.15) is 0 Å². The summed E-state index contributed by atoms with van der Waals surface area (Å²) >= 11 is 1.45. The van der Waals surface area contributed by atoms with E-state index in [1.165, 1.54) is 24.6 Å². The van der Waals surface area contributed by atoms with Gasteiger partial charge in [-0.25, -0.2) is 0 Å². The topological polar surface area (TPSA) is 89.1 Å². The molecule has 8 nitrogen and oxygen atoms in total. The number of thioether (sulfide) groups is 1. The van der Waals surface area contributed by atoms with Gasteiger partial charge < -0.3 is 14.7 Å². The van der Waals surface area contributed by atoms with E-state index >= 15 is 0 Å². The number of benzene rings is 1. The van der Waals surface area contributed by atoms with Crippen molar-refractivity contribution >= 4 is 29.4 Å². The van der Waals surface area contributed by atoms with Crippen LogP contribution in [-0.2, 0) is 4.79 Å². The highest BCUT2D eigenvalue weighted by Crippen LogP contribution is 2.44. The maximum absolute atomic E-state index is 13.3. The first-order valence-corrected chi connectivity index (χ1v) is 12.1. The predicted octanol–water partition coefficient (Wildman–Crippen LogP) is 4.62. The second kappa shape index (κ2) is 8.97. The number of aromatic nitrogens is 4. The number of carbonyl (C=O) groups excluding carboxylic acids is 1. The van der Waals surface area contributed by atoms with Crippen LogP contribution in [0.15, 0.2) is 46.1 Å². The molecule has 2 aliphatic rings. The zero-order valence-electron chi connectivity index (χ0n) is 18.4. The Morgan fingerprint density at radius 1 is 1.16 bits per heavy atom. The van der Waals surface area contributed by atoms with E-state index in [9.17, 15) is 4.79 Å². The van der Waals surface area contributed by atoms with E-state index < -0.39 is 5.25 Å². The van der Waals surface area contributed by atoms with E-state index in [1.54, 1.807) is 13.0 Å². The fourth-order valence-corrected chi connectivity index (χ4v) is 5.15. The number of amides is 1. The molecule has 3 aromatic rings. The molecular formula is C23H28N6O2S. The highest BCUT2D eigenvalue weighted by atomic mass is 32.2. The molecule has 1 unspecified atom stereocenters. The number of piperidine rings is 1. The summed E-state index contributed by atoms with van der Waals surface area (Å²) in [5.74, 6) is 2.61. The monoisotopic (exact) mass is 452 g/mol. The van der Waals surface area contributed by atoms with Gasteiger partial charge in [0.1, 0.15) is 11.0 Å². The lowest BCUT2D eigenvalue weighted by molar-refractivity contribution is -0.115.